The third-order valence-electron chi connectivity index (χ3n) is 2.38. The lowest BCUT2D eigenvalue weighted by molar-refractivity contribution is 0.309. The highest BCUT2D eigenvalue weighted by Crippen LogP contribution is 2.07. The standard InChI is InChI=1S/C14H21NO/c1-3-13(2)12-15-10-7-11-16-14-8-5-4-6-9-14/h4-6,8-9,15H,2-3,7,10-12H2,1H3. The van der Waals surface area contributed by atoms with Crippen molar-refractivity contribution in [1.29, 1.82) is 0 Å². The maximum absolute atomic E-state index is 5.58. The molecule has 2 nitrogen and oxygen atoms in total. The number of nitrogens with one attached hydrogen (secondary N) is 1. The average Bonchev–Trinajstić information content (AvgIpc) is 2.34. The monoisotopic (exact) mass is 219 g/mol. The predicted molar refractivity (Wildman–Crippen MR) is 68.9 cm³/mol. The molecule has 1 aromatic rings. The number of rotatable bonds is 8. The Morgan fingerprint density at radius 1 is 1.31 bits per heavy atom. The molecule has 2 heteroatoms. The van der Waals surface area contributed by atoms with Gasteiger partial charge in [0.2, 0.25) is 0 Å². The van der Waals surface area contributed by atoms with Gasteiger partial charge in [-0.25, -0.2) is 0 Å². The number of hydrogen-bond donors (Lipinski definition) is 1. The van der Waals surface area contributed by atoms with Crippen LogP contribution in [0.2, 0.25) is 0 Å². The second-order valence-electron chi connectivity index (χ2n) is 3.80. The zero-order valence-corrected chi connectivity index (χ0v) is 10.0. The Balaban J connectivity index is 1.98. The molecule has 0 heterocycles. The lowest BCUT2D eigenvalue weighted by Gasteiger charge is -2.07. The quantitative estimate of drug-likeness (QED) is 0.536. The molecule has 0 aliphatic heterocycles. The van der Waals surface area contributed by atoms with Gasteiger partial charge in [-0.3, -0.25) is 0 Å². The van der Waals surface area contributed by atoms with Crippen molar-refractivity contribution in [2.75, 3.05) is 19.7 Å². The van der Waals surface area contributed by atoms with Crippen LogP contribution in [0.15, 0.2) is 42.5 Å². The minimum absolute atomic E-state index is 0.760. The van der Waals surface area contributed by atoms with Crippen LogP contribution in [-0.4, -0.2) is 19.7 Å². The van der Waals surface area contributed by atoms with E-state index in [0.717, 1.165) is 38.3 Å². The first-order valence-electron chi connectivity index (χ1n) is 5.88. The van der Waals surface area contributed by atoms with Crippen LogP contribution in [0.1, 0.15) is 19.8 Å². The van der Waals surface area contributed by atoms with E-state index in [1.807, 2.05) is 30.3 Å². The first-order chi connectivity index (χ1) is 7.83. The Bertz CT molecular complexity index is 295. The summed E-state index contributed by atoms with van der Waals surface area (Å²) in [6.45, 7) is 8.73. The third-order valence-corrected chi connectivity index (χ3v) is 2.38. The number of benzene rings is 1. The highest BCUT2D eigenvalue weighted by atomic mass is 16.5. The molecule has 0 atom stereocenters. The van der Waals surface area contributed by atoms with Crippen LogP contribution in [0.25, 0.3) is 0 Å². The molecular weight excluding hydrogens is 198 g/mol. The van der Waals surface area contributed by atoms with Gasteiger partial charge in [-0.15, -0.1) is 0 Å². The molecule has 1 aromatic carbocycles. The van der Waals surface area contributed by atoms with E-state index in [9.17, 15) is 0 Å². The number of ether oxygens (including phenoxy) is 1. The molecule has 0 aliphatic carbocycles. The van der Waals surface area contributed by atoms with Gasteiger partial charge in [0, 0.05) is 6.54 Å². The Morgan fingerprint density at radius 3 is 2.75 bits per heavy atom. The molecule has 0 saturated heterocycles. The predicted octanol–water partition coefficient (Wildman–Crippen LogP) is 3.01. The highest BCUT2D eigenvalue weighted by Gasteiger charge is 1.93. The molecule has 16 heavy (non-hydrogen) atoms. The zero-order chi connectivity index (χ0) is 11.6. The maximum Gasteiger partial charge on any atom is 0.119 e. The fourth-order valence-electron chi connectivity index (χ4n) is 1.29. The van der Waals surface area contributed by atoms with Crippen molar-refractivity contribution >= 4 is 0 Å². The normalized spacial score (nSPS) is 10.1. The minimum atomic E-state index is 0.760. The second kappa shape index (κ2) is 7.94. The Kier molecular flexibility index (Phi) is 6.35. The molecule has 0 radical (unpaired) electrons. The molecular formula is C14H21NO. The Morgan fingerprint density at radius 2 is 2.06 bits per heavy atom. The van der Waals surface area contributed by atoms with E-state index < -0.39 is 0 Å². The second-order valence-corrected chi connectivity index (χ2v) is 3.80. The summed E-state index contributed by atoms with van der Waals surface area (Å²) < 4.78 is 5.58. The van der Waals surface area contributed by atoms with Crippen molar-refractivity contribution in [3.8, 4) is 5.75 Å². The summed E-state index contributed by atoms with van der Waals surface area (Å²) in [6.07, 6.45) is 2.07. The summed E-state index contributed by atoms with van der Waals surface area (Å²) in [4.78, 5) is 0. The lowest BCUT2D eigenvalue weighted by Crippen LogP contribution is -2.19. The molecule has 1 rings (SSSR count). The van der Waals surface area contributed by atoms with Crippen LogP contribution in [0.5, 0.6) is 5.75 Å². The van der Waals surface area contributed by atoms with Crippen LogP contribution in [0, 0.1) is 0 Å². The lowest BCUT2D eigenvalue weighted by atomic mass is 10.2. The molecule has 1 N–H and O–H groups in total. The van der Waals surface area contributed by atoms with E-state index in [1.54, 1.807) is 0 Å². The SMILES string of the molecule is C=C(CC)CNCCCOc1ccccc1. The smallest absolute Gasteiger partial charge is 0.119 e. The minimum Gasteiger partial charge on any atom is -0.494 e. The zero-order valence-electron chi connectivity index (χ0n) is 10.0. The van der Waals surface area contributed by atoms with E-state index in [-0.39, 0.29) is 0 Å². The molecule has 0 spiro atoms. The first kappa shape index (κ1) is 12.8. The van der Waals surface area contributed by atoms with Crippen LogP contribution >= 0.6 is 0 Å². The van der Waals surface area contributed by atoms with Gasteiger partial charge in [-0.1, -0.05) is 37.3 Å². The van der Waals surface area contributed by atoms with Gasteiger partial charge in [-0.05, 0) is 31.5 Å². The third kappa shape index (κ3) is 5.56. The largest absolute Gasteiger partial charge is 0.494 e. The Labute approximate surface area is 98.3 Å². The van der Waals surface area contributed by atoms with Crippen molar-refractivity contribution in [2.45, 2.75) is 19.8 Å². The van der Waals surface area contributed by atoms with Gasteiger partial charge in [0.05, 0.1) is 6.61 Å². The van der Waals surface area contributed by atoms with Crippen LogP contribution < -0.4 is 10.1 Å². The van der Waals surface area contributed by atoms with E-state index in [1.165, 1.54) is 5.57 Å². The van der Waals surface area contributed by atoms with Crippen LogP contribution in [0.3, 0.4) is 0 Å². The molecule has 0 unspecified atom stereocenters. The molecule has 0 bridgehead atoms. The van der Waals surface area contributed by atoms with Gasteiger partial charge >= 0.3 is 0 Å². The molecule has 0 fully saturated rings. The molecule has 0 amide bonds. The topological polar surface area (TPSA) is 21.3 Å². The fourth-order valence-corrected chi connectivity index (χ4v) is 1.29. The molecule has 0 saturated carbocycles. The summed E-state index contributed by atoms with van der Waals surface area (Å²) >= 11 is 0. The molecule has 0 aromatic heterocycles. The van der Waals surface area contributed by atoms with Crippen LogP contribution in [-0.2, 0) is 0 Å². The molecule has 0 aliphatic rings. The summed E-state index contributed by atoms with van der Waals surface area (Å²) in [5.74, 6) is 0.945. The van der Waals surface area contributed by atoms with Crippen molar-refractivity contribution in [3.05, 3.63) is 42.5 Å². The van der Waals surface area contributed by atoms with Gasteiger partial charge in [0.15, 0.2) is 0 Å². The summed E-state index contributed by atoms with van der Waals surface area (Å²) in [5, 5.41) is 3.34. The van der Waals surface area contributed by atoms with Crippen molar-refractivity contribution in [3.63, 3.8) is 0 Å². The number of hydrogen-bond acceptors (Lipinski definition) is 2. The Hall–Kier alpha value is -1.28. The summed E-state index contributed by atoms with van der Waals surface area (Å²) in [6, 6.07) is 9.92. The first-order valence-corrected chi connectivity index (χ1v) is 5.88. The fraction of sp³-hybridized carbons (Fsp3) is 0.429. The van der Waals surface area contributed by atoms with E-state index in [0.29, 0.717) is 0 Å². The maximum atomic E-state index is 5.58. The summed E-state index contributed by atoms with van der Waals surface area (Å²) in [5.41, 5.74) is 1.25. The van der Waals surface area contributed by atoms with E-state index in [4.69, 9.17) is 4.74 Å². The van der Waals surface area contributed by atoms with Gasteiger partial charge in [0.25, 0.3) is 0 Å². The van der Waals surface area contributed by atoms with Crippen molar-refractivity contribution in [2.24, 2.45) is 0 Å². The average molecular weight is 219 g/mol. The van der Waals surface area contributed by atoms with Crippen LogP contribution in [0.4, 0.5) is 0 Å². The molecule has 88 valence electrons. The van der Waals surface area contributed by atoms with Crippen molar-refractivity contribution in [1.82, 2.24) is 5.32 Å². The van der Waals surface area contributed by atoms with Gasteiger partial charge in [0.1, 0.15) is 5.75 Å². The van der Waals surface area contributed by atoms with Crippen molar-refractivity contribution < 1.29 is 4.74 Å². The van der Waals surface area contributed by atoms with E-state index in [2.05, 4.69) is 18.8 Å². The van der Waals surface area contributed by atoms with E-state index >= 15 is 0 Å². The summed E-state index contributed by atoms with van der Waals surface area (Å²) in [7, 11) is 0. The highest BCUT2D eigenvalue weighted by molar-refractivity contribution is 5.20. The van der Waals surface area contributed by atoms with Gasteiger partial charge < -0.3 is 10.1 Å². The number of para-hydroxylation sites is 1. The van der Waals surface area contributed by atoms with Gasteiger partial charge in [-0.2, -0.15) is 0 Å².